The molecule has 2 amide bonds. The molecule has 3 aromatic carbocycles. The molecule has 5 aromatic rings. The van der Waals surface area contributed by atoms with Gasteiger partial charge < -0.3 is 40.1 Å². The van der Waals surface area contributed by atoms with Crippen LogP contribution in [0.15, 0.2) is 73.1 Å². The Morgan fingerprint density at radius 2 is 1.50 bits per heavy atom. The van der Waals surface area contributed by atoms with Gasteiger partial charge in [-0.1, -0.05) is 62.4 Å². The first-order chi connectivity index (χ1) is 24.2. The number of carbonyl (C=O) groups excluding carboxylic acids is 1. The van der Waals surface area contributed by atoms with Gasteiger partial charge in [-0.3, -0.25) is 4.79 Å². The Balaban J connectivity index is 1.000. The van der Waals surface area contributed by atoms with Crippen molar-refractivity contribution in [2.75, 3.05) is 26.3 Å². The zero-order chi connectivity index (χ0) is 34.4. The summed E-state index contributed by atoms with van der Waals surface area (Å²) >= 11 is 0. The highest BCUT2D eigenvalue weighted by Gasteiger charge is 2.52. The van der Waals surface area contributed by atoms with Gasteiger partial charge in [0.05, 0.1) is 55.6 Å². The molecule has 12 nitrogen and oxygen atoms in total. The number of hydrogen-bond acceptors (Lipinski definition) is 7. The molecule has 0 saturated carbocycles. The number of carboxylic acid groups (broad SMARTS) is 1. The first-order valence-electron chi connectivity index (χ1n) is 17.3. The Morgan fingerprint density at radius 3 is 2.18 bits per heavy atom. The van der Waals surface area contributed by atoms with E-state index in [2.05, 4.69) is 91.2 Å². The van der Waals surface area contributed by atoms with Crippen molar-refractivity contribution in [3.8, 4) is 33.6 Å². The summed E-state index contributed by atoms with van der Waals surface area (Å²) in [5.41, 5.74) is 6.13. The highest BCUT2D eigenvalue weighted by molar-refractivity contribution is 5.90. The number of amides is 2. The lowest BCUT2D eigenvalue weighted by molar-refractivity contribution is -0.153. The van der Waals surface area contributed by atoms with Crippen LogP contribution >= 0.6 is 0 Å². The second kappa shape index (κ2) is 13.0. The van der Waals surface area contributed by atoms with Crippen LogP contribution in [0.2, 0.25) is 0 Å². The molecule has 0 aliphatic carbocycles. The minimum Gasteiger partial charge on any atom is -0.465 e. The van der Waals surface area contributed by atoms with Gasteiger partial charge in [-0.05, 0) is 64.9 Å². The van der Waals surface area contributed by atoms with Crippen LogP contribution in [0.1, 0.15) is 56.8 Å². The molecule has 0 radical (unpaired) electrons. The molecule has 1 unspecified atom stereocenters. The number of aromatic nitrogens is 4. The Kier molecular flexibility index (Phi) is 8.38. The zero-order valence-corrected chi connectivity index (χ0v) is 28.1. The minimum atomic E-state index is -1.24. The maximum Gasteiger partial charge on any atom is 0.405 e. The lowest BCUT2D eigenvalue weighted by Crippen LogP contribution is -2.51. The number of fused-ring (bicyclic) bond motifs is 1. The molecule has 2 aromatic heterocycles. The fourth-order valence-electron chi connectivity index (χ4n) is 7.51. The van der Waals surface area contributed by atoms with E-state index in [1.807, 2.05) is 20.0 Å². The van der Waals surface area contributed by atoms with Gasteiger partial charge >= 0.3 is 6.09 Å². The van der Waals surface area contributed by atoms with Gasteiger partial charge in [0.2, 0.25) is 5.91 Å². The second-order valence-electron chi connectivity index (χ2n) is 13.8. The number of carbonyl (C=O) groups is 2. The average Bonchev–Trinajstić information content (AvgIpc) is 3.97. The summed E-state index contributed by atoms with van der Waals surface area (Å²) in [5, 5.41) is 17.6. The van der Waals surface area contributed by atoms with Gasteiger partial charge in [0, 0.05) is 12.0 Å². The lowest BCUT2D eigenvalue weighted by atomic mass is 9.98. The molecule has 3 fully saturated rings. The number of benzene rings is 3. The molecule has 3 atom stereocenters. The number of hydrogen-bond donors (Lipinski definition) is 5. The van der Waals surface area contributed by atoms with E-state index >= 15 is 0 Å². The molecule has 0 bridgehead atoms. The third-order valence-corrected chi connectivity index (χ3v) is 10.2. The molecule has 12 heteroatoms. The Bertz CT molecular complexity index is 2020. The molecule has 3 saturated heterocycles. The molecule has 258 valence electrons. The van der Waals surface area contributed by atoms with Crippen molar-refractivity contribution < 1.29 is 24.2 Å². The Hall–Kier alpha value is -5.04. The zero-order valence-electron chi connectivity index (χ0n) is 28.1. The van der Waals surface area contributed by atoms with Crippen molar-refractivity contribution in [1.82, 2.24) is 35.5 Å². The normalized spacial score (nSPS) is 20.7. The molecular formula is C38H41N7O5. The van der Waals surface area contributed by atoms with Gasteiger partial charge in [-0.2, -0.15) is 0 Å². The maximum absolute atomic E-state index is 13.7. The monoisotopic (exact) mass is 675 g/mol. The van der Waals surface area contributed by atoms with E-state index in [-0.39, 0.29) is 18.4 Å². The summed E-state index contributed by atoms with van der Waals surface area (Å²) < 4.78 is 11.9. The van der Waals surface area contributed by atoms with Crippen LogP contribution in [0.4, 0.5) is 4.79 Å². The fraction of sp³-hybridized carbons (Fsp3) is 0.368. The Morgan fingerprint density at radius 1 is 0.880 bits per heavy atom. The van der Waals surface area contributed by atoms with Crippen LogP contribution < -0.4 is 10.6 Å². The topological polar surface area (TPSA) is 157 Å². The number of aromatic amines is 2. The van der Waals surface area contributed by atoms with Crippen molar-refractivity contribution >= 4 is 22.8 Å². The van der Waals surface area contributed by atoms with Crippen LogP contribution in [0.5, 0.6) is 0 Å². The summed E-state index contributed by atoms with van der Waals surface area (Å²) in [5.74, 6) is 0.0919. The maximum atomic E-state index is 13.7. The predicted molar refractivity (Wildman–Crippen MR) is 188 cm³/mol. The smallest absolute Gasteiger partial charge is 0.405 e. The first-order valence-corrected chi connectivity index (χ1v) is 17.3. The van der Waals surface area contributed by atoms with Crippen molar-refractivity contribution in [3.05, 3.63) is 84.7 Å². The van der Waals surface area contributed by atoms with Gasteiger partial charge in [-0.25, -0.2) is 14.8 Å². The number of likely N-dealkylation sites (tertiary alicyclic amines) is 1. The molecule has 3 aliphatic rings. The van der Waals surface area contributed by atoms with Gasteiger partial charge in [-0.15, -0.1) is 0 Å². The SMILES string of the molecule is CC(C)C(NC(=O)O)C(=O)N1CC2(C[C@H]1c1ncc(-c3ccc(-c4ccc5cc(-c6cnc([C@@H]7CCCN7)[nH]6)ccc5c4)cc3)[nH]1)OCCO2. The summed E-state index contributed by atoms with van der Waals surface area (Å²) in [4.78, 5) is 43.2. The van der Waals surface area contributed by atoms with Gasteiger partial charge in [0.15, 0.2) is 5.79 Å². The van der Waals surface area contributed by atoms with E-state index in [1.54, 1.807) is 11.1 Å². The minimum absolute atomic E-state index is 0.195. The molecule has 1 spiro atoms. The number of imidazole rings is 2. The Labute approximate surface area is 289 Å². The number of H-pyrrole nitrogens is 2. The summed E-state index contributed by atoms with van der Waals surface area (Å²) in [6, 6.07) is 20.3. The van der Waals surface area contributed by atoms with Crippen LogP contribution in [-0.4, -0.2) is 80.1 Å². The molecular weight excluding hydrogens is 634 g/mol. The standard InChI is InChI=1S/C38H41N7O5/c1-22(2)33(44-37(47)48)36(46)45-21-38(49-14-15-50-38)18-32(45)35-41-19-30(43-35)24-7-5-23(6-8-24)25-9-10-27-17-28(12-11-26(27)16-25)31-20-40-34(42-31)29-4-3-13-39-29/h5-12,16-17,19-20,22,29,32-33,39,44H,3-4,13-15,18,21H2,1-2H3,(H,40,42)(H,41,43)(H,47,48)/t29-,32-,33?/m0/s1. The summed E-state index contributed by atoms with van der Waals surface area (Å²) in [7, 11) is 0. The number of nitrogens with zero attached hydrogens (tertiary/aromatic N) is 3. The molecule has 5 N–H and O–H groups in total. The van der Waals surface area contributed by atoms with Gasteiger partial charge in [0.25, 0.3) is 0 Å². The summed E-state index contributed by atoms with van der Waals surface area (Å²) in [6.45, 7) is 5.74. The average molecular weight is 676 g/mol. The van der Waals surface area contributed by atoms with E-state index in [4.69, 9.17) is 9.47 Å². The fourth-order valence-corrected chi connectivity index (χ4v) is 7.51. The van der Waals surface area contributed by atoms with E-state index in [9.17, 15) is 14.7 Å². The van der Waals surface area contributed by atoms with Crippen molar-refractivity contribution in [2.24, 2.45) is 5.92 Å². The van der Waals surface area contributed by atoms with Crippen LogP contribution in [0.25, 0.3) is 44.4 Å². The van der Waals surface area contributed by atoms with Crippen LogP contribution in [0, 0.1) is 5.92 Å². The highest BCUT2D eigenvalue weighted by Crippen LogP contribution is 2.43. The first kappa shape index (κ1) is 32.2. The lowest BCUT2D eigenvalue weighted by Gasteiger charge is -2.29. The van der Waals surface area contributed by atoms with E-state index in [0.29, 0.717) is 31.5 Å². The van der Waals surface area contributed by atoms with E-state index in [0.717, 1.165) is 63.2 Å². The van der Waals surface area contributed by atoms with Crippen molar-refractivity contribution in [3.63, 3.8) is 0 Å². The number of ether oxygens (including phenoxy) is 2. The highest BCUT2D eigenvalue weighted by atomic mass is 16.7. The van der Waals surface area contributed by atoms with Crippen LogP contribution in [-0.2, 0) is 14.3 Å². The number of rotatable bonds is 8. The third kappa shape index (κ3) is 6.14. The molecule has 8 rings (SSSR count). The largest absolute Gasteiger partial charge is 0.465 e. The summed E-state index contributed by atoms with van der Waals surface area (Å²) in [6.07, 6.45) is 5.14. The van der Waals surface area contributed by atoms with Crippen LogP contribution in [0.3, 0.4) is 0 Å². The quantitative estimate of drug-likeness (QED) is 0.134. The van der Waals surface area contributed by atoms with Gasteiger partial charge in [0.1, 0.15) is 17.7 Å². The van der Waals surface area contributed by atoms with Crippen molar-refractivity contribution in [2.45, 2.75) is 57.0 Å². The molecule has 5 heterocycles. The predicted octanol–water partition coefficient (Wildman–Crippen LogP) is 6.02. The second-order valence-corrected chi connectivity index (χ2v) is 13.8. The number of nitrogens with one attached hydrogen (secondary N) is 4. The van der Waals surface area contributed by atoms with E-state index in [1.165, 1.54) is 6.42 Å². The molecule has 50 heavy (non-hydrogen) atoms. The van der Waals surface area contributed by atoms with E-state index < -0.39 is 24.0 Å². The third-order valence-electron chi connectivity index (χ3n) is 10.2. The molecule has 3 aliphatic heterocycles. The van der Waals surface area contributed by atoms with Crippen molar-refractivity contribution in [1.29, 1.82) is 0 Å².